The molecule has 1 aromatic carbocycles. The van der Waals surface area contributed by atoms with Gasteiger partial charge in [0, 0.05) is 18.5 Å². The highest BCUT2D eigenvalue weighted by Gasteiger charge is 1.99. The molecule has 94 valence electrons. The molecular weight excluding hydrogens is 238 g/mol. The Balaban J connectivity index is 1.67. The SMILES string of the molecule is c1ccc(COc2ccc(-n3cccn3)cn2)cc1. The predicted molar refractivity (Wildman–Crippen MR) is 72.1 cm³/mol. The second-order valence-electron chi connectivity index (χ2n) is 4.08. The van der Waals surface area contributed by atoms with Gasteiger partial charge >= 0.3 is 0 Å². The summed E-state index contributed by atoms with van der Waals surface area (Å²) in [6.07, 6.45) is 5.36. The zero-order valence-electron chi connectivity index (χ0n) is 10.3. The van der Waals surface area contributed by atoms with E-state index in [2.05, 4.69) is 10.1 Å². The Bertz CT molecular complexity index is 618. The van der Waals surface area contributed by atoms with E-state index in [1.54, 1.807) is 17.1 Å². The van der Waals surface area contributed by atoms with Crippen LogP contribution in [-0.4, -0.2) is 14.8 Å². The van der Waals surface area contributed by atoms with Crippen LogP contribution in [0.5, 0.6) is 5.88 Å². The molecule has 0 aliphatic carbocycles. The minimum Gasteiger partial charge on any atom is -0.473 e. The zero-order valence-corrected chi connectivity index (χ0v) is 10.3. The first-order chi connectivity index (χ1) is 9.42. The van der Waals surface area contributed by atoms with Gasteiger partial charge in [-0.05, 0) is 17.7 Å². The summed E-state index contributed by atoms with van der Waals surface area (Å²) in [6, 6.07) is 15.7. The number of pyridine rings is 1. The van der Waals surface area contributed by atoms with E-state index < -0.39 is 0 Å². The number of aromatic nitrogens is 3. The highest BCUT2D eigenvalue weighted by Crippen LogP contribution is 2.12. The number of nitrogens with zero attached hydrogens (tertiary/aromatic N) is 3. The molecule has 0 bridgehead atoms. The number of benzene rings is 1. The lowest BCUT2D eigenvalue weighted by atomic mass is 10.2. The monoisotopic (exact) mass is 251 g/mol. The zero-order chi connectivity index (χ0) is 12.9. The fourth-order valence-corrected chi connectivity index (χ4v) is 1.75. The van der Waals surface area contributed by atoms with Crippen LogP contribution in [0.2, 0.25) is 0 Å². The number of hydrogen-bond donors (Lipinski definition) is 0. The van der Waals surface area contributed by atoms with Crippen LogP contribution in [0.4, 0.5) is 0 Å². The summed E-state index contributed by atoms with van der Waals surface area (Å²) in [5.74, 6) is 0.611. The van der Waals surface area contributed by atoms with Crippen LogP contribution in [0.1, 0.15) is 5.56 Å². The fraction of sp³-hybridized carbons (Fsp3) is 0.0667. The fourth-order valence-electron chi connectivity index (χ4n) is 1.75. The van der Waals surface area contributed by atoms with Gasteiger partial charge in [0.1, 0.15) is 6.61 Å². The maximum Gasteiger partial charge on any atom is 0.213 e. The lowest BCUT2D eigenvalue weighted by molar-refractivity contribution is 0.294. The molecule has 0 amide bonds. The molecule has 0 atom stereocenters. The Kier molecular flexibility index (Phi) is 3.23. The van der Waals surface area contributed by atoms with Gasteiger partial charge in [-0.25, -0.2) is 9.67 Å². The molecule has 2 aromatic heterocycles. The topological polar surface area (TPSA) is 39.9 Å². The third kappa shape index (κ3) is 2.80. The maximum atomic E-state index is 5.62. The molecular formula is C15H13N3O. The normalized spacial score (nSPS) is 10.3. The lowest BCUT2D eigenvalue weighted by Gasteiger charge is -2.06. The van der Waals surface area contributed by atoms with Gasteiger partial charge in [-0.1, -0.05) is 30.3 Å². The standard InChI is InChI=1S/C15H13N3O/c1-2-5-13(6-3-1)12-19-15-8-7-14(11-16-15)18-10-4-9-17-18/h1-11H,12H2. The van der Waals surface area contributed by atoms with Crippen LogP contribution in [0.25, 0.3) is 5.69 Å². The lowest BCUT2D eigenvalue weighted by Crippen LogP contribution is -1.99. The minimum absolute atomic E-state index is 0.523. The Morgan fingerprint density at radius 3 is 2.58 bits per heavy atom. The smallest absolute Gasteiger partial charge is 0.213 e. The summed E-state index contributed by atoms with van der Waals surface area (Å²) in [4.78, 5) is 4.27. The first kappa shape index (κ1) is 11.5. The summed E-state index contributed by atoms with van der Waals surface area (Å²) >= 11 is 0. The molecule has 4 nitrogen and oxygen atoms in total. The van der Waals surface area contributed by atoms with Crippen molar-refractivity contribution in [1.82, 2.24) is 14.8 Å². The van der Waals surface area contributed by atoms with Crippen molar-refractivity contribution in [2.24, 2.45) is 0 Å². The summed E-state index contributed by atoms with van der Waals surface area (Å²) in [5.41, 5.74) is 2.04. The second-order valence-corrected chi connectivity index (χ2v) is 4.08. The molecule has 3 rings (SSSR count). The van der Waals surface area contributed by atoms with Gasteiger partial charge < -0.3 is 4.74 Å². The third-order valence-corrected chi connectivity index (χ3v) is 2.72. The molecule has 0 saturated heterocycles. The number of hydrogen-bond acceptors (Lipinski definition) is 3. The van der Waals surface area contributed by atoms with E-state index in [1.807, 2.05) is 54.7 Å². The van der Waals surface area contributed by atoms with Gasteiger partial charge in [0.05, 0.1) is 11.9 Å². The minimum atomic E-state index is 0.523. The van der Waals surface area contributed by atoms with Crippen LogP contribution < -0.4 is 4.74 Å². The van der Waals surface area contributed by atoms with Crippen molar-refractivity contribution in [2.45, 2.75) is 6.61 Å². The molecule has 3 aromatic rings. The van der Waals surface area contributed by atoms with E-state index in [1.165, 1.54) is 0 Å². The van der Waals surface area contributed by atoms with E-state index in [9.17, 15) is 0 Å². The molecule has 0 unspecified atom stereocenters. The number of rotatable bonds is 4. The van der Waals surface area contributed by atoms with E-state index in [0.717, 1.165) is 11.3 Å². The highest BCUT2D eigenvalue weighted by molar-refractivity contribution is 5.30. The van der Waals surface area contributed by atoms with Gasteiger partial charge in [-0.15, -0.1) is 0 Å². The molecule has 0 aliphatic rings. The Morgan fingerprint density at radius 2 is 1.89 bits per heavy atom. The molecule has 2 heterocycles. The van der Waals surface area contributed by atoms with Crippen LogP contribution in [-0.2, 0) is 6.61 Å². The summed E-state index contributed by atoms with van der Waals surface area (Å²) in [5, 5.41) is 4.15. The molecule has 0 fully saturated rings. The Morgan fingerprint density at radius 1 is 1.00 bits per heavy atom. The summed E-state index contributed by atoms with van der Waals surface area (Å²) in [7, 11) is 0. The summed E-state index contributed by atoms with van der Waals surface area (Å²) in [6.45, 7) is 0.523. The van der Waals surface area contributed by atoms with Crippen molar-refractivity contribution in [3.63, 3.8) is 0 Å². The quantitative estimate of drug-likeness (QED) is 0.715. The molecule has 0 N–H and O–H groups in total. The van der Waals surface area contributed by atoms with Crippen LogP contribution in [0.3, 0.4) is 0 Å². The van der Waals surface area contributed by atoms with E-state index in [4.69, 9.17) is 4.74 Å². The van der Waals surface area contributed by atoms with Crippen LogP contribution in [0.15, 0.2) is 67.1 Å². The summed E-state index contributed by atoms with van der Waals surface area (Å²) < 4.78 is 7.38. The van der Waals surface area contributed by atoms with E-state index in [0.29, 0.717) is 12.5 Å². The molecule has 0 saturated carbocycles. The van der Waals surface area contributed by atoms with Crippen LogP contribution in [0, 0.1) is 0 Å². The van der Waals surface area contributed by atoms with Crippen molar-refractivity contribution in [3.05, 3.63) is 72.7 Å². The molecule has 0 spiro atoms. The molecule has 0 radical (unpaired) electrons. The van der Waals surface area contributed by atoms with Gasteiger partial charge in [0.2, 0.25) is 5.88 Å². The van der Waals surface area contributed by atoms with Crippen molar-refractivity contribution >= 4 is 0 Å². The van der Waals surface area contributed by atoms with Gasteiger partial charge in [-0.3, -0.25) is 0 Å². The Hall–Kier alpha value is -2.62. The van der Waals surface area contributed by atoms with Crippen molar-refractivity contribution in [2.75, 3.05) is 0 Å². The Labute approximate surface area is 111 Å². The van der Waals surface area contributed by atoms with Crippen molar-refractivity contribution in [3.8, 4) is 11.6 Å². The third-order valence-electron chi connectivity index (χ3n) is 2.72. The average molecular weight is 251 g/mol. The van der Waals surface area contributed by atoms with Gasteiger partial charge in [-0.2, -0.15) is 5.10 Å². The second kappa shape index (κ2) is 5.35. The van der Waals surface area contributed by atoms with Crippen molar-refractivity contribution in [1.29, 1.82) is 0 Å². The predicted octanol–water partition coefficient (Wildman–Crippen LogP) is 2.85. The van der Waals surface area contributed by atoms with E-state index in [-0.39, 0.29) is 0 Å². The van der Waals surface area contributed by atoms with E-state index >= 15 is 0 Å². The van der Waals surface area contributed by atoms with Crippen molar-refractivity contribution < 1.29 is 4.74 Å². The van der Waals surface area contributed by atoms with Crippen LogP contribution >= 0.6 is 0 Å². The molecule has 4 heteroatoms. The maximum absolute atomic E-state index is 5.62. The highest BCUT2D eigenvalue weighted by atomic mass is 16.5. The number of ether oxygens (including phenoxy) is 1. The first-order valence-corrected chi connectivity index (χ1v) is 6.04. The van der Waals surface area contributed by atoms with Gasteiger partial charge in [0.25, 0.3) is 0 Å². The van der Waals surface area contributed by atoms with Gasteiger partial charge in [0.15, 0.2) is 0 Å². The molecule has 0 aliphatic heterocycles. The molecule has 19 heavy (non-hydrogen) atoms. The first-order valence-electron chi connectivity index (χ1n) is 6.04. The average Bonchev–Trinajstić information content (AvgIpc) is 3.01. The largest absolute Gasteiger partial charge is 0.473 e.